The lowest BCUT2D eigenvalue weighted by Crippen LogP contribution is -2.45. The largest absolute Gasteiger partial charge is 0.379 e. The van der Waals surface area contributed by atoms with Gasteiger partial charge in [0.1, 0.15) is 5.69 Å². The summed E-state index contributed by atoms with van der Waals surface area (Å²) in [5, 5.41) is 5.11. The monoisotopic (exact) mass is 404 g/mol. The number of nitrogens with zero attached hydrogens (tertiary/aromatic N) is 3. The van der Waals surface area contributed by atoms with Crippen LogP contribution in [0.1, 0.15) is 23.3 Å². The van der Waals surface area contributed by atoms with Crippen molar-refractivity contribution in [1.29, 1.82) is 0 Å². The zero-order valence-corrected chi connectivity index (χ0v) is 17.2. The molecule has 7 nitrogen and oxygen atoms in total. The van der Waals surface area contributed by atoms with E-state index in [9.17, 15) is 9.59 Å². The summed E-state index contributed by atoms with van der Waals surface area (Å²) in [7, 11) is 1.94. The Morgan fingerprint density at radius 3 is 2.68 bits per heavy atom. The van der Waals surface area contributed by atoms with Crippen LogP contribution >= 0.6 is 11.3 Å². The molecule has 2 aliphatic heterocycles. The summed E-state index contributed by atoms with van der Waals surface area (Å²) in [4.78, 5) is 29.6. The van der Waals surface area contributed by atoms with Crippen molar-refractivity contribution >= 4 is 33.4 Å². The van der Waals surface area contributed by atoms with Crippen LogP contribution < -0.4 is 5.32 Å². The minimum Gasteiger partial charge on any atom is -0.379 e. The van der Waals surface area contributed by atoms with Gasteiger partial charge in [0, 0.05) is 52.2 Å². The summed E-state index contributed by atoms with van der Waals surface area (Å²) in [6, 6.07) is 4.02. The third-order valence-electron chi connectivity index (χ3n) is 5.87. The van der Waals surface area contributed by atoms with Crippen molar-refractivity contribution in [2.45, 2.75) is 12.8 Å². The van der Waals surface area contributed by atoms with Gasteiger partial charge >= 0.3 is 0 Å². The highest BCUT2D eigenvalue weighted by Gasteiger charge is 2.29. The van der Waals surface area contributed by atoms with Gasteiger partial charge in [-0.25, -0.2) is 0 Å². The molecular formula is C20H28N4O3S. The zero-order valence-electron chi connectivity index (χ0n) is 16.4. The number of thiophene rings is 1. The summed E-state index contributed by atoms with van der Waals surface area (Å²) in [6.07, 6.45) is 1.46. The molecule has 4 rings (SSSR count). The molecule has 1 N–H and O–H groups in total. The van der Waals surface area contributed by atoms with E-state index in [2.05, 4.69) is 10.2 Å². The van der Waals surface area contributed by atoms with Crippen LogP contribution in [0.4, 0.5) is 0 Å². The summed E-state index contributed by atoms with van der Waals surface area (Å²) in [5.74, 6) is 0.197. The minimum atomic E-state index is 0.00523. The average Bonchev–Trinajstić information content (AvgIpc) is 3.31. The Labute approximate surface area is 169 Å². The van der Waals surface area contributed by atoms with Gasteiger partial charge in [-0.15, -0.1) is 11.3 Å². The van der Waals surface area contributed by atoms with E-state index >= 15 is 0 Å². The molecule has 0 bridgehead atoms. The summed E-state index contributed by atoms with van der Waals surface area (Å²) in [5.41, 5.74) is 1.83. The number of likely N-dealkylation sites (tertiary alicyclic amines) is 1. The predicted molar refractivity (Wildman–Crippen MR) is 110 cm³/mol. The Morgan fingerprint density at radius 1 is 1.21 bits per heavy atom. The SMILES string of the molecule is Cn1c(C(=O)N2CCC(C(=O)NCCN3CCOCC3)CC2)cc2sccc21. The number of fused-ring (bicyclic) bond motifs is 1. The Kier molecular flexibility index (Phi) is 5.99. The van der Waals surface area contributed by atoms with Crippen molar-refractivity contribution in [1.82, 2.24) is 19.7 Å². The number of hydrogen-bond acceptors (Lipinski definition) is 5. The normalized spacial score (nSPS) is 19.2. The highest BCUT2D eigenvalue weighted by Crippen LogP contribution is 2.26. The molecule has 0 unspecified atom stereocenters. The second-order valence-electron chi connectivity index (χ2n) is 7.57. The van der Waals surface area contributed by atoms with E-state index in [4.69, 9.17) is 4.74 Å². The Balaban J connectivity index is 1.24. The third-order valence-corrected chi connectivity index (χ3v) is 6.72. The molecule has 0 radical (unpaired) electrons. The van der Waals surface area contributed by atoms with Crippen LogP contribution in [0.2, 0.25) is 0 Å². The van der Waals surface area contributed by atoms with Gasteiger partial charge in [0.15, 0.2) is 0 Å². The molecule has 0 aromatic carbocycles. The van der Waals surface area contributed by atoms with E-state index < -0.39 is 0 Å². The molecule has 2 amide bonds. The van der Waals surface area contributed by atoms with Crippen molar-refractivity contribution in [3.05, 3.63) is 23.2 Å². The van der Waals surface area contributed by atoms with Crippen molar-refractivity contribution in [2.24, 2.45) is 13.0 Å². The van der Waals surface area contributed by atoms with Crippen LogP contribution in [0.15, 0.2) is 17.5 Å². The number of nitrogens with one attached hydrogen (secondary N) is 1. The maximum atomic E-state index is 12.9. The number of aryl methyl sites for hydroxylation is 1. The smallest absolute Gasteiger partial charge is 0.270 e. The van der Waals surface area contributed by atoms with Gasteiger partial charge in [-0.3, -0.25) is 14.5 Å². The Hall–Kier alpha value is -1.90. The number of carbonyl (C=O) groups excluding carboxylic acids is 2. The van der Waals surface area contributed by atoms with Gasteiger partial charge < -0.3 is 19.5 Å². The van der Waals surface area contributed by atoms with Gasteiger partial charge in [0.2, 0.25) is 5.91 Å². The van der Waals surface area contributed by atoms with Gasteiger partial charge in [-0.2, -0.15) is 0 Å². The molecule has 2 aromatic heterocycles. The van der Waals surface area contributed by atoms with E-state index in [1.54, 1.807) is 11.3 Å². The molecule has 8 heteroatoms. The number of piperidine rings is 1. The van der Waals surface area contributed by atoms with E-state index in [1.807, 2.05) is 34.0 Å². The third kappa shape index (κ3) is 4.09. The second kappa shape index (κ2) is 8.63. The van der Waals surface area contributed by atoms with Crippen molar-refractivity contribution in [2.75, 3.05) is 52.5 Å². The molecule has 2 aromatic rings. The lowest BCUT2D eigenvalue weighted by molar-refractivity contribution is -0.126. The number of hydrogen-bond donors (Lipinski definition) is 1. The molecule has 4 heterocycles. The first-order valence-electron chi connectivity index (χ1n) is 10.0. The number of amides is 2. The van der Waals surface area contributed by atoms with E-state index in [-0.39, 0.29) is 17.7 Å². The molecule has 0 atom stereocenters. The quantitative estimate of drug-likeness (QED) is 0.821. The first-order valence-corrected chi connectivity index (χ1v) is 10.9. The molecule has 152 valence electrons. The number of aromatic nitrogens is 1. The molecule has 0 aliphatic carbocycles. The fourth-order valence-electron chi connectivity index (χ4n) is 4.07. The van der Waals surface area contributed by atoms with Crippen LogP contribution in [-0.2, 0) is 16.6 Å². The number of ether oxygens (including phenoxy) is 1. The second-order valence-corrected chi connectivity index (χ2v) is 8.52. The molecule has 0 saturated carbocycles. The van der Waals surface area contributed by atoms with Crippen LogP contribution in [0.5, 0.6) is 0 Å². The standard InChI is InChI=1S/C20H28N4O3S/c1-22-16-4-13-28-18(16)14-17(22)20(26)24-6-2-15(3-7-24)19(25)21-5-8-23-9-11-27-12-10-23/h4,13-15H,2-3,5-12H2,1H3,(H,21,25). The van der Waals surface area contributed by atoms with Gasteiger partial charge in [0.25, 0.3) is 5.91 Å². The van der Waals surface area contributed by atoms with E-state index in [0.29, 0.717) is 19.6 Å². The topological polar surface area (TPSA) is 66.8 Å². The van der Waals surface area contributed by atoms with Crippen LogP contribution in [0, 0.1) is 5.92 Å². The maximum absolute atomic E-state index is 12.9. The number of morpholine rings is 1. The first kappa shape index (κ1) is 19.4. The van der Waals surface area contributed by atoms with Gasteiger partial charge in [-0.05, 0) is 30.4 Å². The van der Waals surface area contributed by atoms with Crippen molar-refractivity contribution in [3.63, 3.8) is 0 Å². The molecule has 2 fully saturated rings. The lowest BCUT2D eigenvalue weighted by Gasteiger charge is -2.32. The molecular weight excluding hydrogens is 376 g/mol. The highest BCUT2D eigenvalue weighted by molar-refractivity contribution is 7.17. The zero-order chi connectivity index (χ0) is 19.5. The minimum absolute atomic E-state index is 0.00523. The summed E-state index contributed by atoms with van der Waals surface area (Å²) in [6.45, 7) is 6.26. The van der Waals surface area contributed by atoms with Gasteiger partial charge in [0.05, 0.1) is 23.4 Å². The summed E-state index contributed by atoms with van der Waals surface area (Å²) >= 11 is 1.65. The number of rotatable bonds is 5. The van der Waals surface area contributed by atoms with E-state index in [1.165, 1.54) is 0 Å². The number of carbonyl (C=O) groups is 2. The van der Waals surface area contributed by atoms with Gasteiger partial charge in [-0.1, -0.05) is 0 Å². The fourth-order valence-corrected chi connectivity index (χ4v) is 4.92. The fraction of sp³-hybridized carbons (Fsp3) is 0.600. The average molecular weight is 405 g/mol. The van der Waals surface area contributed by atoms with E-state index in [0.717, 1.165) is 61.6 Å². The highest BCUT2D eigenvalue weighted by atomic mass is 32.1. The van der Waals surface area contributed by atoms with Crippen LogP contribution in [-0.4, -0.2) is 78.7 Å². The molecule has 2 aliphatic rings. The first-order chi connectivity index (χ1) is 13.6. The predicted octanol–water partition coefficient (Wildman–Crippen LogP) is 1.54. The van der Waals surface area contributed by atoms with Crippen LogP contribution in [0.25, 0.3) is 10.2 Å². The molecule has 28 heavy (non-hydrogen) atoms. The van der Waals surface area contributed by atoms with Crippen molar-refractivity contribution in [3.8, 4) is 0 Å². The lowest BCUT2D eigenvalue weighted by atomic mass is 9.95. The van der Waals surface area contributed by atoms with Crippen molar-refractivity contribution < 1.29 is 14.3 Å². The van der Waals surface area contributed by atoms with Crippen LogP contribution in [0.3, 0.4) is 0 Å². The Morgan fingerprint density at radius 2 is 1.96 bits per heavy atom. The Bertz CT molecular complexity index is 832. The molecule has 0 spiro atoms. The summed E-state index contributed by atoms with van der Waals surface area (Å²) < 4.78 is 8.45. The maximum Gasteiger partial charge on any atom is 0.270 e. The molecule has 2 saturated heterocycles.